The van der Waals surface area contributed by atoms with Crippen LogP contribution in [0, 0.1) is 13.8 Å². The van der Waals surface area contributed by atoms with Gasteiger partial charge in [0.25, 0.3) is 0 Å². The van der Waals surface area contributed by atoms with Gasteiger partial charge in [-0.1, -0.05) is 38.0 Å². The van der Waals surface area contributed by atoms with Crippen molar-refractivity contribution in [1.82, 2.24) is 15.5 Å². The minimum absolute atomic E-state index is 0.0723. The Hall–Kier alpha value is -2.22. The third kappa shape index (κ3) is 10.5. The molecule has 1 aromatic carbocycles. The van der Waals surface area contributed by atoms with E-state index in [9.17, 15) is 14.4 Å². The second-order valence-electron chi connectivity index (χ2n) is 11.1. The number of thiol groups is 1. The fourth-order valence-corrected chi connectivity index (χ4v) is 3.83. The smallest absolute Gasteiger partial charge is 0.408 e. The fraction of sp³-hybridized carbons (Fsp3) is 0.667. The Labute approximate surface area is 217 Å². The van der Waals surface area contributed by atoms with Gasteiger partial charge in [0.2, 0.25) is 11.8 Å². The summed E-state index contributed by atoms with van der Waals surface area (Å²) < 4.78 is 5.35. The first-order valence-corrected chi connectivity index (χ1v) is 13.0. The van der Waals surface area contributed by atoms with Crippen LogP contribution in [0.15, 0.2) is 18.2 Å². The lowest BCUT2D eigenvalue weighted by Gasteiger charge is -2.36. The summed E-state index contributed by atoms with van der Waals surface area (Å²) in [6, 6.07) is 4.03. The second kappa shape index (κ2) is 13.2. The predicted molar refractivity (Wildman–Crippen MR) is 145 cm³/mol. The van der Waals surface area contributed by atoms with Crippen molar-refractivity contribution in [2.24, 2.45) is 0 Å². The van der Waals surface area contributed by atoms with E-state index >= 15 is 0 Å². The van der Waals surface area contributed by atoms with Gasteiger partial charge in [-0.05, 0) is 78.5 Å². The largest absolute Gasteiger partial charge is 0.444 e. The molecule has 0 radical (unpaired) electrons. The van der Waals surface area contributed by atoms with Crippen molar-refractivity contribution in [2.75, 3.05) is 12.3 Å². The molecule has 2 atom stereocenters. The molecule has 8 heteroatoms. The van der Waals surface area contributed by atoms with Gasteiger partial charge in [0, 0.05) is 17.8 Å². The van der Waals surface area contributed by atoms with Crippen LogP contribution in [0.5, 0.6) is 0 Å². The number of benzene rings is 1. The third-order valence-corrected chi connectivity index (χ3v) is 5.73. The molecule has 0 bridgehead atoms. The highest BCUT2D eigenvalue weighted by molar-refractivity contribution is 7.80. The molecule has 0 aliphatic heterocycles. The summed E-state index contributed by atoms with van der Waals surface area (Å²) in [5, 5.41) is 5.69. The van der Waals surface area contributed by atoms with Crippen LogP contribution in [0.3, 0.4) is 0 Å². The second-order valence-corrected chi connectivity index (χ2v) is 11.5. The van der Waals surface area contributed by atoms with Gasteiger partial charge in [0.05, 0.1) is 0 Å². The number of nitrogens with zero attached hydrogens (tertiary/aromatic N) is 1. The number of nitrogens with one attached hydrogen (secondary N) is 2. The first-order valence-electron chi connectivity index (χ1n) is 12.4. The molecule has 198 valence electrons. The first kappa shape index (κ1) is 30.8. The lowest BCUT2D eigenvalue weighted by molar-refractivity contribution is -0.142. The van der Waals surface area contributed by atoms with E-state index in [1.165, 1.54) is 0 Å². The normalized spacial score (nSPS) is 13.5. The number of amides is 3. The molecule has 0 saturated heterocycles. The van der Waals surface area contributed by atoms with Gasteiger partial charge < -0.3 is 20.3 Å². The van der Waals surface area contributed by atoms with Crippen LogP contribution < -0.4 is 10.6 Å². The Morgan fingerprint density at radius 1 is 1.03 bits per heavy atom. The lowest BCUT2D eigenvalue weighted by atomic mass is 9.97. The molecule has 0 spiro atoms. The van der Waals surface area contributed by atoms with Crippen molar-refractivity contribution in [3.05, 3.63) is 34.9 Å². The maximum absolute atomic E-state index is 13.8. The quantitative estimate of drug-likeness (QED) is 0.304. The van der Waals surface area contributed by atoms with E-state index in [-0.39, 0.29) is 17.6 Å². The van der Waals surface area contributed by atoms with Crippen molar-refractivity contribution < 1.29 is 19.1 Å². The van der Waals surface area contributed by atoms with Crippen molar-refractivity contribution in [2.45, 2.75) is 105 Å². The molecule has 0 aromatic heterocycles. The molecule has 2 unspecified atom stereocenters. The van der Waals surface area contributed by atoms with Crippen LogP contribution in [0.2, 0.25) is 0 Å². The van der Waals surface area contributed by atoms with Gasteiger partial charge in [-0.2, -0.15) is 12.6 Å². The van der Waals surface area contributed by atoms with Gasteiger partial charge >= 0.3 is 6.09 Å². The van der Waals surface area contributed by atoms with Crippen molar-refractivity contribution >= 4 is 30.5 Å². The van der Waals surface area contributed by atoms with Gasteiger partial charge in [0.15, 0.2) is 0 Å². The van der Waals surface area contributed by atoms with E-state index < -0.39 is 29.3 Å². The number of carbonyl (C=O) groups excluding carboxylic acids is 3. The zero-order valence-corrected chi connectivity index (χ0v) is 23.8. The summed E-state index contributed by atoms with van der Waals surface area (Å²) >= 11 is 4.33. The van der Waals surface area contributed by atoms with Crippen LogP contribution in [0.4, 0.5) is 4.79 Å². The molecule has 0 aliphatic carbocycles. The maximum Gasteiger partial charge on any atom is 0.408 e. The Balaban J connectivity index is 3.47. The number of hydrogen-bond acceptors (Lipinski definition) is 5. The predicted octanol–water partition coefficient (Wildman–Crippen LogP) is 5.10. The van der Waals surface area contributed by atoms with E-state index in [0.29, 0.717) is 6.54 Å². The molecule has 7 nitrogen and oxygen atoms in total. The van der Waals surface area contributed by atoms with Gasteiger partial charge in [0.1, 0.15) is 17.7 Å². The minimum Gasteiger partial charge on any atom is -0.444 e. The molecule has 2 N–H and O–H groups in total. The van der Waals surface area contributed by atoms with E-state index in [2.05, 4.69) is 30.2 Å². The van der Waals surface area contributed by atoms with Crippen LogP contribution in [0.1, 0.15) is 90.5 Å². The molecule has 1 aromatic rings. The topological polar surface area (TPSA) is 87.7 Å². The monoisotopic (exact) mass is 507 g/mol. The molecule has 0 fully saturated rings. The Morgan fingerprint density at radius 2 is 1.66 bits per heavy atom. The highest BCUT2D eigenvalue weighted by atomic mass is 32.1. The molecular weight excluding hydrogens is 462 g/mol. The molecule has 0 aliphatic rings. The summed E-state index contributed by atoms with van der Waals surface area (Å²) in [5.41, 5.74) is 1.69. The minimum atomic E-state index is -0.939. The Bertz CT molecular complexity index is 874. The van der Waals surface area contributed by atoms with E-state index in [0.717, 1.165) is 36.0 Å². The molecule has 35 heavy (non-hydrogen) atoms. The fourth-order valence-electron chi connectivity index (χ4n) is 3.58. The van der Waals surface area contributed by atoms with Crippen LogP contribution >= 0.6 is 12.6 Å². The summed E-state index contributed by atoms with van der Waals surface area (Å²) in [7, 11) is 0. The van der Waals surface area contributed by atoms with Crippen LogP contribution in [-0.4, -0.2) is 52.3 Å². The molecule has 0 heterocycles. The van der Waals surface area contributed by atoms with Crippen molar-refractivity contribution in [3.8, 4) is 0 Å². The summed E-state index contributed by atoms with van der Waals surface area (Å²) in [6.07, 6.45) is 1.92. The first-order chi connectivity index (χ1) is 16.1. The highest BCUT2D eigenvalue weighted by Crippen LogP contribution is 2.26. The SMILES string of the molecule is CCCCCN(C(=O)C(CS)NC(=O)OC(C)(C)C)C(C(=O)NC(C)(C)C)c1ccc(C)c(C)c1. The number of ether oxygens (including phenoxy) is 1. The number of hydrogen-bond donors (Lipinski definition) is 3. The van der Waals surface area contributed by atoms with Crippen molar-refractivity contribution in [1.29, 1.82) is 0 Å². The molecule has 0 saturated carbocycles. The number of unbranched alkanes of at least 4 members (excludes halogenated alkanes) is 2. The highest BCUT2D eigenvalue weighted by Gasteiger charge is 2.36. The zero-order valence-electron chi connectivity index (χ0n) is 22.9. The molecular formula is C27H45N3O4S. The number of rotatable bonds is 10. The maximum atomic E-state index is 13.8. The van der Waals surface area contributed by atoms with Crippen LogP contribution in [-0.2, 0) is 14.3 Å². The van der Waals surface area contributed by atoms with E-state index in [1.54, 1.807) is 25.7 Å². The summed E-state index contributed by atoms with van der Waals surface area (Å²) in [5.74, 6) is -0.557. The van der Waals surface area contributed by atoms with Gasteiger partial charge in [-0.3, -0.25) is 9.59 Å². The zero-order chi connectivity index (χ0) is 27.0. The average Bonchev–Trinajstić information content (AvgIpc) is 2.70. The average molecular weight is 508 g/mol. The van der Waals surface area contributed by atoms with E-state index in [4.69, 9.17) is 4.74 Å². The van der Waals surface area contributed by atoms with E-state index in [1.807, 2.05) is 52.8 Å². The third-order valence-electron chi connectivity index (χ3n) is 5.36. The van der Waals surface area contributed by atoms with Gasteiger partial charge in [-0.15, -0.1) is 0 Å². The number of carbonyl (C=O) groups is 3. The number of aryl methyl sites for hydroxylation is 2. The summed E-state index contributed by atoms with van der Waals surface area (Å²) in [6.45, 7) is 17.5. The lowest BCUT2D eigenvalue weighted by Crippen LogP contribution is -2.55. The molecule has 3 amide bonds. The molecule has 1 rings (SSSR count). The summed E-state index contributed by atoms with van der Waals surface area (Å²) in [4.78, 5) is 41.5. The van der Waals surface area contributed by atoms with Gasteiger partial charge in [-0.25, -0.2) is 4.79 Å². The Morgan fingerprint density at radius 3 is 2.14 bits per heavy atom. The van der Waals surface area contributed by atoms with Crippen molar-refractivity contribution in [3.63, 3.8) is 0 Å². The van der Waals surface area contributed by atoms with Crippen LogP contribution in [0.25, 0.3) is 0 Å². The Kier molecular flexibility index (Phi) is 11.6. The number of alkyl carbamates (subject to hydrolysis) is 1. The standard InChI is InChI=1S/C27H45N3O4S/c1-10-11-12-15-30(24(32)21(17-35)28-25(33)34-27(7,8)9)22(23(31)29-26(4,5)6)20-14-13-18(2)19(3)16-20/h13-14,16,21-22,35H,10-12,15,17H2,1-9H3,(H,28,33)(H,29,31).